The van der Waals surface area contributed by atoms with Gasteiger partial charge in [0.1, 0.15) is 28.6 Å². The Labute approximate surface area is 191 Å². The molecule has 3 aromatic carbocycles. The highest BCUT2D eigenvalue weighted by molar-refractivity contribution is 7.85. The number of rotatable bonds is 9. The van der Waals surface area contributed by atoms with E-state index in [1.165, 1.54) is 38.5 Å². The molecule has 11 heteroatoms. The van der Waals surface area contributed by atoms with Crippen LogP contribution in [0, 0.1) is 0 Å². The molecule has 0 atom stereocenters. The molecular formula is C22H22N4O6S. The maximum Gasteiger partial charge on any atom is 0.294 e. The Balaban J connectivity index is 1.85. The zero-order chi connectivity index (χ0) is 23.8. The van der Waals surface area contributed by atoms with Crippen molar-refractivity contribution in [3.8, 4) is 17.2 Å². The predicted octanol–water partition coefficient (Wildman–Crippen LogP) is 6.18. The van der Waals surface area contributed by atoms with Gasteiger partial charge in [-0.15, -0.1) is 10.2 Å². The molecule has 0 saturated carbocycles. The van der Waals surface area contributed by atoms with Crippen LogP contribution >= 0.6 is 0 Å². The van der Waals surface area contributed by atoms with E-state index in [-0.39, 0.29) is 4.90 Å². The van der Waals surface area contributed by atoms with Crippen LogP contribution < -0.4 is 14.2 Å². The highest BCUT2D eigenvalue weighted by Gasteiger charge is 2.12. The van der Waals surface area contributed by atoms with E-state index in [9.17, 15) is 8.42 Å². The molecule has 33 heavy (non-hydrogen) atoms. The molecule has 3 aromatic rings. The SMILES string of the molecule is CCOc1ccc(N=Nc2cc(OC)c(N=Nc3ccc(S(=O)(=O)O)cc3)cc2OC)cc1. The lowest BCUT2D eigenvalue weighted by atomic mass is 10.2. The second kappa shape index (κ2) is 10.7. The molecule has 0 amide bonds. The molecule has 172 valence electrons. The van der Waals surface area contributed by atoms with Gasteiger partial charge in [-0.3, -0.25) is 4.55 Å². The van der Waals surface area contributed by atoms with Gasteiger partial charge in [0.2, 0.25) is 0 Å². The largest absolute Gasteiger partial charge is 0.494 e. The van der Waals surface area contributed by atoms with E-state index < -0.39 is 10.1 Å². The number of hydrogen-bond acceptors (Lipinski definition) is 9. The number of benzene rings is 3. The standard InChI is InChI=1S/C22H22N4O6S/c1-4-32-17-9-5-15(6-10-17)23-25-19-13-22(31-3)20(14-21(19)30-2)26-24-16-7-11-18(12-8-16)33(27,28)29/h5-14H,4H2,1-3H3,(H,27,28,29). The first kappa shape index (κ1) is 23.8. The molecule has 3 rings (SSSR count). The molecule has 0 aliphatic heterocycles. The lowest BCUT2D eigenvalue weighted by Crippen LogP contribution is -1.96. The van der Waals surface area contributed by atoms with Crippen molar-refractivity contribution in [2.24, 2.45) is 20.5 Å². The predicted molar refractivity (Wildman–Crippen MR) is 122 cm³/mol. The van der Waals surface area contributed by atoms with Crippen LogP contribution in [0.3, 0.4) is 0 Å². The summed E-state index contributed by atoms with van der Waals surface area (Å²) in [6.07, 6.45) is 0. The summed E-state index contributed by atoms with van der Waals surface area (Å²) < 4.78 is 47.6. The van der Waals surface area contributed by atoms with Crippen molar-refractivity contribution in [2.45, 2.75) is 11.8 Å². The van der Waals surface area contributed by atoms with Crippen LogP contribution in [0.2, 0.25) is 0 Å². The summed E-state index contributed by atoms with van der Waals surface area (Å²) >= 11 is 0. The maximum atomic E-state index is 11.1. The first-order valence-corrected chi connectivity index (χ1v) is 11.2. The Morgan fingerprint density at radius 1 is 0.758 bits per heavy atom. The van der Waals surface area contributed by atoms with Crippen LogP contribution in [-0.2, 0) is 10.1 Å². The third-order valence-corrected chi connectivity index (χ3v) is 5.18. The van der Waals surface area contributed by atoms with Crippen molar-refractivity contribution in [2.75, 3.05) is 20.8 Å². The van der Waals surface area contributed by atoms with Crippen LogP contribution in [0.5, 0.6) is 17.2 Å². The molecule has 0 aliphatic rings. The summed E-state index contributed by atoms with van der Waals surface area (Å²) in [5, 5.41) is 16.7. The van der Waals surface area contributed by atoms with Gasteiger partial charge in [0.15, 0.2) is 0 Å². The van der Waals surface area contributed by atoms with E-state index in [1.807, 2.05) is 19.1 Å². The number of hydrogen-bond donors (Lipinski definition) is 1. The van der Waals surface area contributed by atoms with Gasteiger partial charge < -0.3 is 14.2 Å². The van der Waals surface area contributed by atoms with Gasteiger partial charge in [0, 0.05) is 12.1 Å². The fourth-order valence-electron chi connectivity index (χ4n) is 2.71. The van der Waals surface area contributed by atoms with E-state index in [4.69, 9.17) is 18.8 Å². The van der Waals surface area contributed by atoms with Crippen LogP contribution in [-0.4, -0.2) is 33.8 Å². The molecule has 0 aliphatic carbocycles. The molecule has 0 heterocycles. The van der Waals surface area contributed by atoms with Crippen molar-refractivity contribution in [3.05, 3.63) is 60.7 Å². The zero-order valence-corrected chi connectivity index (χ0v) is 19.0. The Kier molecular flexibility index (Phi) is 7.70. The summed E-state index contributed by atoms with van der Waals surface area (Å²) in [5.74, 6) is 1.54. The molecule has 0 bridgehead atoms. The average Bonchev–Trinajstić information content (AvgIpc) is 2.82. The van der Waals surface area contributed by atoms with E-state index in [1.54, 1.807) is 24.3 Å². The molecule has 10 nitrogen and oxygen atoms in total. The van der Waals surface area contributed by atoms with Crippen LogP contribution in [0.4, 0.5) is 22.7 Å². The monoisotopic (exact) mass is 470 g/mol. The Morgan fingerprint density at radius 2 is 1.21 bits per heavy atom. The molecule has 1 N–H and O–H groups in total. The highest BCUT2D eigenvalue weighted by atomic mass is 32.2. The zero-order valence-electron chi connectivity index (χ0n) is 18.2. The third-order valence-electron chi connectivity index (χ3n) is 4.31. The first-order chi connectivity index (χ1) is 15.8. The van der Waals surface area contributed by atoms with Crippen molar-refractivity contribution < 1.29 is 27.2 Å². The molecule has 0 aromatic heterocycles. The molecule has 0 spiro atoms. The molecule has 0 unspecified atom stereocenters. The van der Waals surface area contributed by atoms with Crippen molar-refractivity contribution in [1.82, 2.24) is 0 Å². The number of ether oxygens (including phenoxy) is 3. The van der Waals surface area contributed by atoms with Gasteiger partial charge in [-0.1, -0.05) is 0 Å². The highest BCUT2D eigenvalue weighted by Crippen LogP contribution is 2.41. The van der Waals surface area contributed by atoms with E-state index in [0.717, 1.165) is 5.75 Å². The third kappa shape index (κ3) is 6.34. The van der Waals surface area contributed by atoms with E-state index in [2.05, 4.69) is 20.5 Å². The van der Waals surface area contributed by atoms with Crippen molar-refractivity contribution >= 4 is 32.9 Å². The maximum absolute atomic E-state index is 11.1. The second-order valence-corrected chi connectivity index (χ2v) is 7.91. The van der Waals surface area contributed by atoms with Crippen molar-refractivity contribution in [3.63, 3.8) is 0 Å². The smallest absolute Gasteiger partial charge is 0.294 e. The molecule has 0 saturated heterocycles. The number of azo groups is 2. The quantitative estimate of drug-likeness (QED) is 0.293. The van der Waals surface area contributed by atoms with Crippen LogP contribution in [0.25, 0.3) is 0 Å². The van der Waals surface area contributed by atoms with Crippen LogP contribution in [0.15, 0.2) is 86.0 Å². The molecule has 0 radical (unpaired) electrons. The lowest BCUT2D eigenvalue weighted by molar-refractivity contribution is 0.340. The summed E-state index contributed by atoms with van der Waals surface area (Å²) in [6, 6.07) is 15.7. The Morgan fingerprint density at radius 3 is 1.61 bits per heavy atom. The minimum Gasteiger partial charge on any atom is -0.494 e. The van der Waals surface area contributed by atoms with Crippen molar-refractivity contribution in [1.29, 1.82) is 0 Å². The van der Waals surface area contributed by atoms with Gasteiger partial charge in [0.05, 0.1) is 37.1 Å². The number of nitrogens with zero attached hydrogens (tertiary/aromatic N) is 4. The minimum atomic E-state index is -4.28. The first-order valence-electron chi connectivity index (χ1n) is 9.74. The lowest BCUT2D eigenvalue weighted by Gasteiger charge is -2.09. The van der Waals surface area contributed by atoms with Gasteiger partial charge in [-0.05, 0) is 55.5 Å². The number of methoxy groups -OCH3 is 2. The average molecular weight is 471 g/mol. The molecular weight excluding hydrogens is 448 g/mol. The molecule has 0 fully saturated rings. The fourth-order valence-corrected chi connectivity index (χ4v) is 3.19. The van der Waals surface area contributed by atoms with E-state index in [0.29, 0.717) is 40.9 Å². The summed E-state index contributed by atoms with van der Waals surface area (Å²) in [6.45, 7) is 2.49. The second-order valence-electron chi connectivity index (χ2n) is 6.49. The normalized spacial score (nSPS) is 11.8. The van der Waals surface area contributed by atoms with Crippen LogP contribution in [0.1, 0.15) is 6.92 Å². The summed E-state index contributed by atoms with van der Waals surface area (Å²) in [5.41, 5.74) is 1.81. The Hall–Kier alpha value is -3.83. The van der Waals surface area contributed by atoms with Gasteiger partial charge in [-0.25, -0.2) is 0 Å². The minimum absolute atomic E-state index is 0.233. The van der Waals surface area contributed by atoms with Gasteiger partial charge in [-0.2, -0.15) is 18.6 Å². The van der Waals surface area contributed by atoms with Gasteiger partial charge in [0.25, 0.3) is 10.1 Å². The fraction of sp³-hybridized carbons (Fsp3) is 0.182. The van der Waals surface area contributed by atoms with Gasteiger partial charge >= 0.3 is 0 Å². The van der Waals surface area contributed by atoms with E-state index >= 15 is 0 Å². The summed E-state index contributed by atoms with van der Waals surface area (Å²) in [7, 11) is -1.30. The Bertz CT molecular complexity index is 1260. The topological polar surface area (TPSA) is 132 Å². The summed E-state index contributed by atoms with van der Waals surface area (Å²) in [4.78, 5) is -0.233.